The summed E-state index contributed by atoms with van der Waals surface area (Å²) < 4.78 is 0. The van der Waals surface area contributed by atoms with Crippen molar-refractivity contribution in [2.45, 2.75) is 26.1 Å². The first kappa shape index (κ1) is 11.9. The number of carbonyl (C=O) groups excluding carboxylic acids is 2. The first-order valence-corrected chi connectivity index (χ1v) is 4.55. The van der Waals surface area contributed by atoms with Gasteiger partial charge in [-0.25, -0.2) is 0 Å². The summed E-state index contributed by atoms with van der Waals surface area (Å²) in [5.41, 5.74) is -0.723. The minimum atomic E-state index is -1.06. The molecule has 0 fully saturated rings. The van der Waals surface area contributed by atoms with Crippen LogP contribution in [-0.4, -0.2) is 22.8 Å². The van der Waals surface area contributed by atoms with E-state index in [1.165, 1.54) is 6.92 Å². The molecule has 0 aromatic carbocycles. The van der Waals surface area contributed by atoms with E-state index in [4.69, 9.17) is 23.2 Å². The summed E-state index contributed by atoms with van der Waals surface area (Å²) in [4.78, 5) is 22.2. The van der Waals surface area contributed by atoms with Gasteiger partial charge in [-0.15, -0.1) is 23.2 Å². The zero-order valence-electron chi connectivity index (χ0n) is 7.36. The van der Waals surface area contributed by atoms with Gasteiger partial charge < -0.3 is 0 Å². The van der Waals surface area contributed by atoms with Crippen molar-refractivity contribution in [1.82, 2.24) is 0 Å². The number of Topliss-reactive ketones (excluding diaryl/α,β-unsaturated/α-hetero) is 2. The van der Waals surface area contributed by atoms with Crippen LogP contribution in [-0.2, 0) is 9.59 Å². The van der Waals surface area contributed by atoms with Gasteiger partial charge in [-0.1, -0.05) is 13.8 Å². The second-order valence-corrected chi connectivity index (χ2v) is 4.06. The van der Waals surface area contributed by atoms with Crippen LogP contribution in [0.1, 0.15) is 20.8 Å². The normalized spacial score (nSPS) is 14.1. The van der Waals surface area contributed by atoms with E-state index in [9.17, 15) is 9.59 Å². The van der Waals surface area contributed by atoms with Gasteiger partial charge in [0.25, 0.3) is 0 Å². The van der Waals surface area contributed by atoms with E-state index in [1.807, 2.05) is 0 Å². The maximum absolute atomic E-state index is 11.4. The fourth-order valence-electron chi connectivity index (χ4n) is 0.594. The second-order valence-electron chi connectivity index (χ2n) is 3.35. The Morgan fingerprint density at radius 1 is 1.42 bits per heavy atom. The Labute approximate surface area is 82.2 Å². The minimum Gasteiger partial charge on any atom is -0.298 e. The highest BCUT2D eigenvalue weighted by molar-refractivity contribution is 6.42. The lowest BCUT2D eigenvalue weighted by Crippen LogP contribution is -2.36. The average molecular weight is 211 g/mol. The topological polar surface area (TPSA) is 34.1 Å². The Morgan fingerprint density at radius 3 is 2.08 bits per heavy atom. The fourth-order valence-corrected chi connectivity index (χ4v) is 1.02. The van der Waals surface area contributed by atoms with Gasteiger partial charge in [0.1, 0.15) is 0 Å². The van der Waals surface area contributed by atoms with Crippen LogP contribution in [0.4, 0.5) is 0 Å². The highest BCUT2D eigenvalue weighted by Crippen LogP contribution is 2.22. The zero-order chi connectivity index (χ0) is 9.94. The standard InChI is InChI=1S/C8H12Cl2O2/c1-5(11)6(10)7(12)8(2,3)4-9/h6H,4H2,1-3H3. The van der Waals surface area contributed by atoms with Crippen LogP contribution < -0.4 is 0 Å². The first-order valence-electron chi connectivity index (χ1n) is 3.57. The smallest absolute Gasteiger partial charge is 0.164 e. The number of carbonyl (C=O) groups is 2. The quantitative estimate of drug-likeness (QED) is 0.526. The number of halogens is 2. The summed E-state index contributed by atoms with van der Waals surface area (Å²) >= 11 is 11.1. The third-order valence-corrected chi connectivity index (χ3v) is 2.76. The lowest BCUT2D eigenvalue weighted by Gasteiger charge is -2.21. The molecule has 0 radical (unpaired) electrons. The van der Waals surface area contributed by atoms with Gasteiger partial charge in [0, 0.05) is 11.3 Å². The molecule has 0 saturated carbocycles. The summed E-state index contributed by atoms with van der Waals surface area (Å²) in [6.45, 7) is 4.63. The van der Waals surface area contributed by atoms with Crippen LogP contribution in [0.3, 0.4) is 0 Å². The molecule has 0 aromatic heterocycles. The number of ketones is 2. The molecule has 0 aliphatic rings. The Bertz CT molecular complexity index is 199. The van der Waals surface area contributed by atoms with Crippen LogP contribution >= 0.6 is 23.2 Å². The van der Waals surface area contributed by atoms with Crippen LogP contribution in [0.15, 0.2) is 0 Å². The molecule has 0 spiro atoms. The van der Waals surface area contributed by atoms with Crippen LogP contribution in [0.5, 0.6) is 0 Å². The Morgan fingerprint density at radius 2 is 1.83 bits per heavy atom. The van der Waals surface area contributed by atoms with E-state index < -0.39 is 10.8 Å². The maximum Gasteiger partial charge on any atom is 0.164 e. The van der Waals surface area contributed by atoms with Crippen molar-refractivity contribution in [3.05, 3.63) is 0 Å². The van der Waals surface area contributed by atoms with E-state index in [1.54, 1.807) is 13.8 Å². The predicted octanol–water partition coefficient (Wildman–Crippen LogP) is 2.02. The number of hydrogen-bond donors (Lipinski definition) is 0. The van der Waals surface area contributed by atoms with Crippen molar-refractivity contribution in [2.75, 3.05) is 5.88 Å². The van der Waals surface area contributed by atoms with E-state index in [-0.39, 0.29) is 17.4 Å². The predicted molar refractivity (Wildman–Crippen MR) is 49.8 cm³/mol. The van der Waals surface area contributed by atoms with Gasteiger partial charge in [-0.2, -0.15) is 0 Å². The van der Waals surface area contributed by atoms with Gasteiger partial charge in [0.15, 0.2) is 16.9 Å². The van der Waals surface area contributed by atoms with Gasteiger partial charge in [-0.3, -0.25) is 9.59 Å². The second kappa shape index (κ2) is 4.24. The molecule has 0 saturated heterocycles. The van der Waals surface area contributed by atoms with Crippen LogP contribution in [0.2, 0.25) is 0 Å². The molecule has 12 heavy (non-hydrogen) atoms. The molecule has 0 aromatic rings. The molecule has 0 amide bonds. The minimum absolute atomic E-state index is 0.169. The number of alkyl halides is 2. The molecule has 0 rings (SSSR count). The lowest BCUT2D eigenvalue weighted by molar-refractivity contribution is -0.130. The molecule has 0 aliphatic carbocycles. The van der Waals surface area contributed by atoms with E-state index >= 15 is 0 Å². The van der Waals surface area contributed by atoms with Crippen molar-refractivity contribution in [3.63, 3.8) is 0 Å². The molecular formula is C8H12Cl2O2. The summed E-state index contributed by atoms with van der Waals surface area (Å²) in [6.07, 6.45) is 0. The van der Waals surface area contributed by atoms with Gasteiger partial charge in [-0.05, 0) is 6.92 Å². The van der Waals surface area contributed by atoms with E-state index in [0.29, 0.717) is 0 Å². The van der Waals surface area contributed by atoms with Gasteiger partial charge >= 0.3 is 0 Å². The molecular weight excluding hydrogens is 199 g/mol. The number of hydrogen-bond acceptors (Lipinski definition) is 2. The average Bonchev–Trinajstić information content (AvgIpc) is 2.01. The summed E-state index contributed by atoms with van der Waals surface area (Å²) in [7, 11) is 0. The van der Waals surface area contributed by atoms with Crippen molar-refractivity contribution in [2.24, 2.45) is 5.41 Å². The molecule has 1 atom stereocenters. The maximum atomic E-state index is 11.4. The van der Waals surface area contributed by atoms with Crippen molar-refractivity contribution >= 4 is 34.8 Å². The third-order valence-electron chi connectivity index (χ3n) is 1.59. The molecule has 4 heteroatoms. The largest absolute Gasteiger partial charge is 0.298 e. The molecule has 0 N–H and O–H groups in total. The molecule has 70 valence electrons. The Kier molecular flexibility index (Phi) is 4.21. The third kappa shape index (κ3) is 2.76. The van der Waals surface area contributed by atoms with E-state index in [2.05, 4.69) is 0 Å². The van der Waals surface area contributed by atoms with Gasteiger partial charge in [0.05, 0.1) is 0 Å². The molecule has 0 aliphatic heterocycles. The van der Waals surface area contributed by atoms with Gasteiger partial charge in [0.2, 0.25) is 0 Å². The first-order chi connectivity index (χ1) is 5.33. The van der Waals surface area contributed by atoms with E-state index in [0.717, 1.165) is 0 Å². The van der Waals surface area contributed by atoms with Crippen LogP contribution in [0.25, 0.3) is 0 Å². The SMILES string of the molecule is CC(=O)C(Cl)C(=O)C(C)(C)CCl. The zero-order valence-corrected chi connectivity index (χ0v) is 8.87. The summed E-state index contributed by atoms with van der Waals surface area (Å²) in [6, 6.07) is 0. The highest BCUT2D eigenvalue weighted by atomic mass is 35.5. The summed E-state index contributed by atoms with van der Waals surface area (Å²) in [5, 5.41) is -1.06. The van der Waals surface area contributed by atoms with Crippen molar-refractivity contribution in [3.8, 4) is 0 Å². The molecule has 2 nitrogen and oxygen atoms in total. The monoisotopic (exact) mass is 210 g/mol. The van der Waals surface area contributed by atoms with Crippen molar-refractivity contribution < 1.29 is 9.59 Å². The molecule has 0 bridgehead atoms. The Hall–Kier alpha value is -0.0800. The lowest BCUT2D eigenvalue weighted by atomic mass is 9.87. The van der Waals surface area contributed by atoms with Crippen LogP contribution in [0, 0.1) is 5.41 Å². The fraction of sp³-hybridized carbons (Fsp3) is 0.750. The molecule has 0 heterocycles. The summed E-state index contributed by atoms with van der Waals surface area (Å²) in [5.74, 6) is -0.478. The molecule has 1 unspecified atom stereocenters. The number of rotatable bonds is 4. The highest BCUT2D eigenvalue weighted by Gasteiger charge is 2.34. The van der Waals surface area contributed by atoms with Crippen molar-refractivity contribution in [1.29, 1.82) is 0 Å². The Balaban J connectivity index is 4.49.